The normalized spacial score (nSPS) is 22.3. The molecule has 3 saturated heterocycles. The maximum atomic E-state index is 13.5. The van der Waals surface area contributed by atoms with Crippen molar-refractivity contribution in [2.45, 2.75) is 103 Å². The van der Waals surface area contributed by atoms with Gasteiger partial charge in [0.1, 0.15) is 18.6 Å². The molecule has 518 valence electrons. The number of rotatable bonds is 13. The fourth-order valence-electron chi connectivity index (χ4n) is 15.5. The number of piperazine rings is 1. The lowest BCUT2D eigenvalue weighted by atomic mass is 9.77. The lowest BCUT2D eigenvalue weighted by Crippen LogP contribution is -2.48. The topological polar surface area (TPSA) is 233 Å². The van der Waals surface area contributed by atoms with Crippen LogP contribution in [0.2, 0.25) is 0 Å². The number of likely N-dealkylation sites (N-methyl/N-ethyl adjacent to an activating group) is 1. The van der Waals surface area contributed by atoms with Crippen molar-refractivity contribution in [3.05, 3.63) is 205 Å². The third-order valence-electron chi connectivity index (χ3n) is 21.1. The molecule has 99 heavy (non-hydrogen) atoms. The zero-order chi connectivity index (χ0) is 68.8. The summed E-state index contributed by atoms with van der Waals surface area (Å²) in [6.45, 7) is 12.3. The number of nitrogens with zero attached hydrogens (tertiary/aromatic N) is 10. The fourth-order valence-corrected chi connectivity index (χ4v) is 15.5. The van der Waals surface area contributed by atoms with Crippen molar-refractivity contribution in [1.29, 1.82) is 0 Å². The number of amides is 5. The summed E-state index contributed by atoms with van der Waals surface area (Å²) < 4.78 is 16.0. The Morgan fingerprint density at radius 3 is 1.13 bits per heavy atom. The van der Waals surface area contributed by atoms with E-state index in [2.05, 4.69) is 84.4 Å². The zero-order valence-corrected chi connectivity index (χ0v) is 57.1. The van der Waals surface area contributed by atoms with Crippen molar-refractivity contribution in [2.24, 2.45) is 33.1 Å². The molecule has 21 heteroatoms. The van der Waals surface area contributed by atoms with Crippen molar-refractivity contribution in [1.82, 2.24) is 34.6 Å². The van der Waals surface area contributed by atoms with E-state index in [9.17, 15) is 39.3 Å². The average molecular weight is 1340 g/mol. The van der Waals surface area contributed by atoms with Crippen LogP contribution >= 0.6 is 0 Å². The Bertz CT molecular complexity index is 4050. The number of carbonyl (C=O) groups excluding carboxylic acids is 5. The van der Waals surface area contributed by atoms with Gasteiger partial charge < -0.3 is 44.2 Å². The summed E-state index contributed by atoms with van der Waals surface area (Å²) in [6, 6.07) is 41.9. The molecule has 6 heterocycles. The number of fused-ring (bicyclic) bond motifs is 9. The lowest BCUT2D eigenvalue weighted by Gasteiger charge is -2.34. The zero-order valence-electron chi connectivity index (χ0n) is 57.1. The molecule has 15 rings (SSSR count). The van der Waals surface area contributed by atoms with Gasteiger partial charge in [-0.2, -0.15) is 15.3 Å². The van der Waals surface area contributed by atoms with Crippen LogP contribution in [0.3, 0.4) is 0 Å². The molecule has 0 spiro atoms. The van der Waals surface area contributed by atoms with Crippen LogP contribution < -0.4 is 4.74 Å². The molecule has 9 aliphatic rings. The number of hydrazone groups is 3. The molecular weight excluding hydrogens is 1250 g/mol. The monoisotopic (exact) mass is 1340 g/mol. The minimum absolute atomic E-state index is 0.0114. The molecule has 0 saturated carbocycles. The molecule has 3 aliphatic carbocycles. The second-order valence-electron chi connectivity index (χ2n) is 27.4. The predicted octanol–water partition coefficient (Wildman–Crippen LogP) is 7.46. The third kappa shape index (κ3) is 14.9. The molecule has 6 aromatic carbocycles. The van der Waals surface area contributed by atoms with E-state index in [4.69, 9.17) is 29.5 Å². The first-order valence-corrected chi connectivity index (χ1v) is 35.0. The van der Waals surface area contributed by atoms with Gasteiger partial charge in [0.2, 0.25) is 11.8 Å². The summed E-state index contributed by atoms with van der Waals surface area (Å²) in [6.07, 6.45) is 5.00. The van der Waals surface area contributed by atoms with Gasteiger partial charge in [-0.1, -0.05) is 108 Å². The molecule has 3 N–H and O–H groups in total. The van der Waals surface area contributed by atoms with Gasteiger partial charge in [0.15, 0.2) is 0 Å². The summed E-state index contributed by atoms with van der Waals surface area (Å²) in [5.41, 5.74) is 17.5. The van der Waals surface area contributed by atoms with Crippen molar-refractivity contribution >= 4 is 46.7 Å². The van der Waals surface area contributed by atoms with E-state index in [0.717, 1.165) is 143 Å². The van der Waals surface area contributed by atoms with Crippen LogP contribution in [0.25, 0.3) is 0 Å². The van der Waals surface area contributed by atoms with Crippen molar-refractivity contribution in [2.75, 3.05) is 99.5 Å². The van der Waals surface area contributed by atoms with Gasteiger partial charge in [0.25, 0.3) is 17.7 Å². The molecule has 6 atom stereocenters. The van der Waals surface area contributed by atoms with E-state index in [1.807, 2.05) is 73.7 Å². The van der Waals surface area contributed by atoms with E-state index in [-0.39, 0.29) is 98.1 Å². The Morgan fingerprint density at radius 1 is 0.444 bits per heavy atom. The maximum Gasteiger partial charge on any atom is 0.257 e. The van der Waals surface area contributed by atoms with E-state index in [1.165, 1.54) is 27.3 Å². The molecule has 21 nitrogen and oxygen atoms in total. The number of aliphatic hydroxyl groups excluding tert-OH is 3. The van der Waals surface area contributed by atoms with Crippen LogP contribution in [-0.2, 0) is 72.5 Å². The molecule has 3 fully saturated rings. The van der Waals surface area contributed by atoms with Gasteiger partial charge in [-0.05, 0) is 140 Å². The molecule has 0 bridgehead atoms. The first-order valence-electron chi connectivity index (χ1n) is 35.0. The quantitative estimate of drug-likeness (QED) is 0.0955. The van der Waals surface area contributed by atoms with Gasteiger partial charge in [0, 0.05) is 86.8 Å². The second-order valence-corrected chi connectivity index (χ2v) is 27.4. The number of hydrogen-bond donors (Lipinski definition) is 3. The largest absolute Gasteiger partial charge is 0.497 e. The SMILES string of the molecule is COc1ccc([C@@H]2[C@@H]3CCc4ccc(CO)cc4C3=NN2C(=O)CC(=O)N2CCOCC2)cc1.Cc1ccc([C@@H]2[C@@H]3CCc4ccc(CO)cc4C3=NN2C(=O)CC(=O)N2CCOCC2)cc1.Cc1ccc([C@@H]2[C@@H]3CCc4ccc(CO)cc4C3=NN2C(=O)CN2CCN(C)CC2)cc1. The van der Waals surface area contributed by atoms with Crippen LogP contribution in [-0.4, -0.2) is 196 Å². The van der Waals surface area contributed by atoms with Crippen molar-refractivity contribution in [3.63, 3.8) is 0 Å². The Kier molecular flexibility index (Phi) is 21.3. The van der Waals surface area contributed by atoms with Gasteiger partial charge in [-0.15, -0.1) is 0 Å². The van der Waals surface area contributed by atoms with Crippen LogP contribution in [0.15, 0.2) is 143 Å². The first-order chi connectivity index (χ1) is 48.2. The number of aryl methyl sites for hydroxylation is 5. The number of carbonyl (C=O) groups is 5. The summed E-state index contributed by atoms with van der Waals surface area (Å²) in [4.78, 5) is 74.0. The minimum atomic E-state index is -0.306. The standard InChI is InChI=1S/C26H32N4O2.C26H29N3O5.C26H29N3O4/c1-18-3-6-21(7-4-18)26-22-10-9-20-8-5-19(17-31)15-23(20)25(22)27-30(26)24(32)16-29-13-11-28(2)12-14-29;1-33-20-7-4-19(5-8-20)26-21-9-6-18-3-2-17(16-30)14-22(18)25(21)27-29(26)24(32)15-23(31)28-10-12-34-13-11-28;1-17-2-5-20(6-3-17)26-21-9-8-19-7-4-18(16-30)14-22(19)25(21)27-29(26)24(32)15-23(31)28-10-12-33-13-11-28/h3-8,15,22,26,31H,9-14,16-17H2,1-2H3;2-5,7-8,14,21,26,30H,6,9-13,15-16H2,1H3;2-7,14,21,26,30H,8-13,15-16H2,1H3/t22-,26-;2*21-,26-/m111/s1. The van der Waals surface area contributed by atoms with Gasteiger partial charge in [-0.25, -0.2) is 15.0 Å². The molecule has 6 aliphatic heterocycles. The summed E-state index contributed by atoms with van der Waals surface area (Å²) >= 11 is 0. The Hall–Kier alpha value is -8.80. The molecule has 0 unspecified atom stereocenters. The highest BCUT2D eigenvalue weighted by Crippen LogP contribution is 2.47. The van der Waals surface area contributed by atoms with E-state index >= 15 is 0 Å². The van der Waals surface area contributed by atoms with Crippen LogP contribution in [0.5, 0.6) is 5.75 Å². The second kappa shape index (κ2) is 30.8. The molecule has 0 aromatic heterocycles. The van der Waals surface area contributed by atoms with Crippen LogP contribution in [0, 0.1) is 31.6 Å². The van der Waals surface area contributed by atoms with Crippen molar-refractivity contribution in [3.8, 4) is 5.75 Å². The molecule has 0 radical (unpaired) electrons. The van der Waals surface area contributed by atoms with E-state index in [1.54, 1.807) is 26.9 Å². The number of morpholine rings is 2. The highest BCUT2D eigenvalue weighted by Gasteiger charge is 2.48. The average Bonchev–Trinajstić information content (AvgIpc) is 1.62. The van der Waals surface area contributed by atoms with Gasteiger partial charge in [-0.3, -0.25) is 28.9 Å². The molecule has 6 aromatic rings. The fraction of sp³-hybridized carbons (Fsp3) is 0.436. The highest BCUT2D eigenvalue weighted by molar-refractivity contribution is 6.10. The maximum absolute atomic E-state index is 13.5. The number of benzene rings is 6. The van der Waals surface area contributed by atoms with Gasteiger partial charge >= 0.3 is 0 Å². The smallest absolute Gasteiger partial charge is 0.257 e. The van der Waals surface area contributed by atoms with Crippen molar-refractivity contribution < 1.29 is 53.5 Å². The Balaban J connectivity index is 0.000000133. The lowest BCUT2D eigenvalue weighted by molar-refractivity contribution is -0.145. The highest BCUT2D eigenvalue weighted by atomic mass is 16.5. The Morgan fingerprint density at radius 2 is 0.788 bits per heavy atom. The first kappa shape index (κ1) is 68.7. The third-order valence-corrected chi connectivity index (χ3v) is 21.1. The number of aliphatic hydroxyl groups is 3. The molecule has 5 amide bonds. The Labute approximate surface area is 578 Å². The summed E-state index contributed by atoms with van der Waals surface area (Å²) in [7, 11) is 3.75. The van der Waals surface area contributed by atoms with Crippen LogP contribution in [0.4, 0.5) is 0 Å². The molecular formula is C78H90N10O11. The minimum Gasteiger partial charge on any atom is -0.497 e. The number of ether oxygens (including phenoxy) is 3. The summed E-state index contributed by atoms with van der Waals surface area (Å²) in [5, 5.41) is 48.4. The summed E-state index contributed by atoms with van der Waals surface area (Å²) in [5.74, 6) is 0.0953. The van der Waals surface area contributed by atoms with E-state index < -0.39 is 0 Å². The van der Waals surface area contributed by atoms with Gasteiger partial charge in [0.05, 0.1) is 95.2 Å². The predicted molar refractivity (Wildman–Crippen MR) is 374 cm³/mol. The number of methoxy groups -OCH3 is 1. The van der Waals surface area contributed by atoms with E-state index in [0.29, 0.717) is 59.2 Å². The van der Waals surface area contributed by atoms with Crippen LogP contribution in [0.1, 0.15) is 128 Å². The number of hydrogen-bond acceptors (Lipinski definition) is 16.